The molecule has 0 aliphatic carbocycles. The van der Waals surface area contributed by atoms with Gasteiger partial charge in [0.25, 0.3) is 10.0 Å². The van der Waals surface area contributed by atoms with Gasteiger partial charge in [-0.15, -0.1) is 0 Å². The van der Waals surface area contributed by atoms with Gasteiger partial charge >= 0.3 is 6.18 Å². The Hall–Kier alpha value is -2.55. The summed E-state index contributed by atoms with van der Waals surface area (Å²) in [4.78, 5) is 10.8. The molecule has 0 unspecified atom stereocenters. The van der Waals surface area contributed by atoms with Crippen LogP contribution in [-0.4, -0.2) is 14.3 Å². The van der Waals surface area contributed by atoms with Gasteiger partial charge in [0, 0.05) is 18.3 Å². The molecular formula is C15H13F3N2O3S. The number of hydrogen-bond donors (Lipinski definition) is 2. The van der Waals surface area contributed by atoms with Crippen LogP contribution in [0.25, 0.3) is 0 Å². The lowest BCUT2D eigenvalue weighted by molar-refractivity contribution is -0.137. The van der Waals surface area contributed by atoms with Crippen LogP contribution in [0.15, 0.2) is 53.4 Å². The number of carbonyl (C=O) groups excluding carboxylic acids is 1. The zero-order chi connectivity index (χ0) is 18.0. The van der Waals surface area contributed by atoms with Gasteiger partial charge in [0.05, 0.1) is 10.5 Å². The van der Waals surface area contributed by atoms with E-state index in [2.05, 4.69) is 10.0 Å². The number of rotatable bonds is 4. The summed E-state index contributed by atoms with van der Waals surface area (Å²) in [6, 6.07) is 9.01. The first-order valence-electron chi connectivity index (χ1n) is 6.66. The summed E-state index contributed by atoms with van der Waals surface area (Å²) in [7, 11) is -3.95. The van der Waals surface area contributed by atoms with Crippen LogP contribution in [0.5, 0.6) is 0 Å². The van der Waals surface area contributed by atoms with E-state index in [1.54, 1.807) is 0 Å². The number of benzene rings is 2. The number of anilines is 2. The number of nitrogens with one attached hydrogen (secondary N) is 2. The van der Waals surface area contributed by atoms with E-state index >= 15 is 0 Å². The average Bonchev–Trinajstić information content (AvgIpc) is 2.46. The molecule has 1 amide bonds. The molecule has 0 aliphatic heterocycles. The molecule has 128 valence electrons. The van der Waals surface area contributed by atoms with E-state index in [-0.39, 0.29) is 16.5 Å². The van der Waals surface area contributed by atoms with E-state index in [1.165, 1.54) is 31.2 Å². The first-order chi connectivity index (χ1) is 11.1. The second kappa shape index (κ2) is 6.52. The lowest BCUT2D eigenvalue weighted by atomic mass is 10.2. The molecule has 5 nitrogen and oxygen atoms in total. The predicted octanol–water partition coefficient (Wildman–Crippen LogP) is 3.46. The van der Waals surface area contributed by atoms with E-state index in [4.69, 9.17) is 0 Å². The molecule has 0 spiro atoms. The average molecular weight is 358 g/mol. The maximum absolute atomic E-state index is 12.5. The molecule has 24 heavy (non-hydrogen) atoms. The van der Waals surface area contributed by atoms with Crippen molar-refractivity contribution >= 4 is 27.3 Å². The summed E-state index contributed by atoms with van der Waals surface area (Å²) in [6.45, 7) is 1.32. The fraction of sp³-hybridized carbons (Fsp3) is 0.133. The van der Waals surface area contributed by atoms with Crippen LogP contribution in [0.2, 0.25) is 0 Å². The van der Waals surface area contributed by atoms with Crippen molar-refractivity contribution in [2.75, 3.05) is 10.0 Å². The Morgan fingerprint density at radius 1 is 0.917 bits per heavy atom. The molecule has 0 saturated carbocycles. The Labute approximate surface area is 136 Å². The van der Waals surface area contributed by atoms with Gasteiger partial charge in [0.2, 0.25) is 5.91 Å². The van der Waals surface area contributed by atoms with Gasteiger partial charge in [0.1, 0.15) is 0 Å². The molecule has 0 fully saturated rings. The molecule has 2 rings (SSSR count). The zero-order valence-corrected chi connectivity index (χ0v) is 13.2. The molecule has 0 aliphatic rings. The van der Waals surface area contributed by atoms with Gasteiger partial charge in [-0.25, -0.2) is 8.42 Å². The summed E-state index contributed by atoms with van der Waals surface area (Å²) in [6.07, 6.45) is -4.49. The Morgan fingerprint density at radius 2 is 1.42 bits per heavy atom. The lowest BCUT2D eigenvalue weighted by Crippen LogP contribution is -2.13. The quantitative estimate of drug-likeness (QED) is 0.879. The van der Waals surface area contributed by atoms with Crippen LogP contribution in [0.3, 0.4) is 0 Å². The number of sulfonamides is 1. The number of hydrogen-bond acceptors (Lipinski definition) is 3. The highest BCUT2D eigenvalue weighted by Crippen LogP contribution is 2.30. The highest BCUT2D eigenvalue weighted by molar-refractivity contribution is 7.92. The van der Waals surface area contributed by atoms with E-state index in [0.717, 1.165) is 24.3 Å². The normalized spacial score (nSPS) is 11.8. The highest BCUT2D eigenvalue weighted by atomic mass is 32.2. The minimum Gasteiger partial charge on any atom is -0.326 e. The van der Waals surface area contributed by atoms with E-state index in [9.17, 15) is 26.4 Å². The van der Waals surface area contributed by atoms with Gasteiger partial charge in [-0.2, -0.15) is 13.2 Å². The molecule has 2 N–H and O–H groups in total. The molecular weight excluding hydrogens is 345 g/mol. The topological polar surface area (TPSA) is 75.3 Å². The van der Waals surface area contributed by atoms with Gasteiger partial charge in [-0.3, -0.25) is 9.52 Å². The summed E-state index contributed by atoms with van der Waals surface area (Å²) in [5, 5.41) is 2.49. The summed E-state index contributed by atoms with van der Waals surface area (Å²) >= 11 is 0. The van der Waals surface area contributed by atoms with Crippen molar-refractivity contribution in [1.82, 2.24) is 0 Å². The zero-order valence-electron chi connectivity index (χ0n) is 12.4. The van der Waals surface area contributed by atoms with Crippen LogP contribution in [0.1, 0.15) is 12.5 Å². The fourth-order valence-corrected chi connectivity index (χ4v) is 2.92. The molecule has 0 bridgehead atoms. The standard InChI is InChI=1S/C15H13F3N2O3S/c1-10(21)19-12-6-8-14(9-7-12)24(22,23)20-13-4-2-11(3-5-13)15(16,17)18/h2-9,20H,1H3,(H,19,21). The smallest absolute Gasteiger partial charge is 0.326 e. The van der Waals surface area contributed by atoms with Gasteiger partial charge in [-0.05, 0) is 48.5 Å². The molecule has 0 heterocycles. The first kappa shape index (κ1) is 17.8. The maximum atomic E-state index is 12.5. The third-order valence-electron chi connectivity index (χ3n) is 2.95. The second-order valence-electron chi connectivity index (χ2n) is 4.89. The third kappa shape index (κ3) is 4.48. The Balaban J connectivity index is 2.17. The fourth-order valence-electron chi connectivity index (χ4n) is 1.86. The van der Waals surface area contributed by atoms with E-state index in [1.807, 2.05) is 0 Å². The summed E-state index contributed by atoms with van der Waals surface area (Å²) in [5.74, 6) is -0.298. The molecule has 9 heteroatoms. The molecule has 0 aromatic heterocycles. The minimum absolute atomic E-state index is 0.00828. The van der Waals surface area contributed by atoms with Crippen LogP contribution in [0.4, 0.5) is 24.5 Å². The highest BCUT2D eigenvalue weighted by Gasteiger charge is 2.30. The molecule has 2 aromatic carbocycles. The van der Waals surface area contributed by atoms with Gasteiger partial charge in [0.15, 0.2) is 0 Å². The number of carbonyl (C=O) groups is 1. The predicted molar refractivity (Wildman–Crippen MR) is 83.0 cm³/mol. The number of halogens is 3. The Morgan fingerprint density at radius 3 is 1.88 bits per heavy atom. The second-order valence-corrected chi connectivity index (χ2v) is 6.57. The van der Waals surface area contributed by atoms with Crippen LogP contribution in [0, 0.1) is 0 Å². The Bertz CT molecular complexity index is 830. The van der Waals surface area contributed by atoms with Crippen molar-refractivity contribution in [3.05, 3.63) is 54.1 Å². The molecule has 0 saturated heterocycles. The van der Waals surface area contributed by atoms with Crippen molar-refractivity contribution < 1.29 is 26.4 Å². The van der Waals surface area contributed by atoms with Crippen molar-refractivity contribution in [3.63, 3.8) is 0 Å². The first-order valence-corrected chi connectivity index (χ1v) is 8.14. The monoisotopic (exact) mass is 358 g/mol. The SMILES string of the molecule is CC(=O)Nc1ccc(S(=O)(=O)Nc2ccc(C(F)(F)F)cc2)cc1. The van der Waals surface area contributed by atoms with Gasteiger partial charge < -0.3 is 5.32 Å². The minimum atomic E-state index is -4.49. The van der Waals surface area contributed by atoms with Gasteiger partial charge in [-0.1, -0.05) is 0 Å². The van der Waals surface area contributed by atoms with Crippen molar-refractivity contribution in [2.45, 2.75) is 18.0 Å². The number of amides is 1. The summed E-state index contributed by atoms with van der Waals surface area (Å²) < 4.78 is 64.0. The lowest BCUT2D eigenvalue weighted by Gasteiger charge is -2.11. The van der Waals surface area contributed by atoms with Crippen molar-refractivity contribution in [2.24, 2.45) is 0 Å². The van der Waals surface area contributed by atoms with Crippen LogP contribution >= 0.6 is 0 Å². The van der Waals surface area contributed by atoms with E-state index in [0.29, 0.717) is 5.69 Å². The third-order valence-corrected chi connectivity index (χ3v) is 4.35. The molecule has 2 aromatic rings. The van der Waals surface area contributed by atoms with E-state index < -0.39 is 21.8 Å². The number of alkyl halides is 3. The molecule has 0 radical (unpaired) electrons. The largest absolute Gasteiger partial charge is 0.416 e. The van der Waals surface area contributed by atoms with Crippen LogP contribution < -0.4 is 10.0 Å². The van der Waals surface area contributed by atoms with Crippen LogP contribution in [-0.2, 0) is 21.0 Å². The van der Waals surface area contributed by atoms with Crippen molar-refractivity contribution in [3.8, 4) is 0 Å². The maximum Gasteiger partial charge on any atom is 0.416 e. The Kier molecular flexibility index (Phi) is 4.83. The van der Waals surface area contributed by atoms with Crippen molar-refractivity contribution in [1.29, 1.82) is 0 Å². The molecule has 0 atom stereocenters. The summed E-state index contributed by atoms with van der Waals surface area (Å²) in [5.41, 5.74) is -0.435.